The Hall–Kier alpha value is -1.39. The Balaban J connectivity index is 2.89. The Morgan fingerprint density at radius 2 is 2.40 bits per heavy atom. The first-order valence-corrected chi connectivity index (χ1v) is 5.92. The summed E-state index contributed by atoms with van der Waals surface area (Å²) in [5.41, 5.74) is 0. The first kappa shape index (κ1) is 11.7. The van der Waals surface area contributed by atoms with Gasteiger partial charge in [0, 0.05) is 25.7 Å². The summed E-state index contributed by atoms with van der Waals surface area (Å²) in [7, 11) is -3.49. The second-order valence-corrected chi connectivity index (χ2v) is 4.78. The summed E-state index contributed by atoms with van der Waals surface area (Å²) in [6.07, 6.45) is 2.76. The van der Waals surface area contributed by atoms with Crippen molar-refractivity contribution in [3.8, 4) is 6.07 Å². The molecule has 1 N–H and O–H groups in total. The highest BCUT2D eigenvalue weighted by Crippen LogP contribution is 2.13. The molecule has 6 nitrogen and oxygen atoms in total. The summed E-state index contributed by atoms with van der Waals surface area (Å²) in [6.45, 7) is 2.28. The lowest BCUT2D eigenvalue weighted by Crippen LogP contribution is -2.31. The van der Waals surface area contributed by atoms with E-state index in [-0.39, 0.29) is 17.9 Å². The normalized spacial score (nSPS) is 11.5. The molecule has 1 rings (SSSR count). The highest BCUT2D eigenvalue weighted by molar-refractivity contribution is 7.89. The Bertz CT molecular complexity index is 432. The van der Waals surface area contributed by atoms with Gasteiger partial charge in [-0.3, -0.25) is 5.10 Å². The monoisotopic (exact) mass is 228 g/mol. The number of hydrogen-bond donors (Lipinski definition) is 1. The van der Waals surface area contributed by atoms with Gasteiger partial charge in [-0.2, -0.15) is 14.7 Å². The van der Waals surface area contributed by atoms with Crippen molar-refractivity contribution in [1.29, 1.82) is 5.26 Å². The molecule has 1 aromatic heterocycles. The van der Waals surface area contributed by atoms with Crippen molar-refractivity contribution in [1.82, 2.24) is 14.5 Å². The van der Waals surface area contributed by atoms with Crippen LogP contribution in [0.2, 0.25) is 0 Å². The van der Waals surface area contributed by atoms with Gasteiger partial charge in [0.15, 0.2) is 0 Å². The van der Waals surface area contributed by atoms with E-state index in [0.717, 1.165) is 0 Å². The van der Waals surface area contributed by atoms with Crippen LogP contribution in [0.15, 0.2) is 17.3 Å². The maximum atomic E-state index is 11.9. The molecule has 0 amide bonds. The van der Waals surface area contributed by atoms with Gasteiger partial charge in [0.1, 0.15) is 4.90 Å². The molecule has 0 aromatic carbocycles. The molecule has 0 atom stereocenters. The van der Waals surface area contributed by atoms with Crippen molar-refractivity contribution < 1.29 is 8.42 Å². The van der Waals surface area contributed by atoms with Gasteiger partial charge >= 0.3 is 0 Å². The van der Waals surface area contributed by atoms with Crippen LogP contribution in [0, 0.1) is 11.3 Å². The van der Waals surface area contributed by atoms with Gasteiger partial charge in [-0.25, -0.2) is 8.42 Å². The number of H-pyrrole nitrogens is 1. The molecule has 0 spiro atoms. The van der Waals surface area contributed by atoms with E-state index in [2.05, 4.69) is 10.2 Å². The lowest BCUT2D eigenvalue weighted by molar-refractivity contribution is 0.435. The summed E-state index contributed by atoms with van der Waals surface area (Å²) in [6, 6.07) is 1.92. The highest BCUT2D eigenvalue weighted by Gasteiger charge is 2.23. The third kappa shape index (κ3) is 2.55. The van der Waals surface area contributed by atoms with Crippen molar-refractivity contribution in [3.63, 3.8) is 0 Å². The summed E-state index contributed by atoms with van der Waals surface area (Å²) in [5, 5.41) is 14.5. The van der Waals surface area contributed by atoms with Gasteiger partial charge in [-0.15, -0.1) is 0 Å². The van der Waals surface area contributed by atoms with E-state index in [4.69, 9.17) is 5.26 Å². The highest BCUT2D eigenvalue weighted by atomic mass is 32.2. The molecule has 0 aliphatic rings. The SMILES string of the molecule is CCN(CCC#N)S(=O)(=O)c1cn[nH]c1. The smallest absolute Gasteiger partial charge is 0.246 e. The van der Waals surface area contributed by atoms with Gasteiger partial charge in [-0.05, 0) is 0 Å². The molecule has 82 valence electrons. The summed E-state index contributed by atoms with van der Waals surface area (Å²) < 4.78 is 25.0. The van der Waals surface area contributed by atoms with Gasteiger partial charge < -0.3 is 0 Å². The number of nitrogens with zero attached hydrogens (tertiary/aromatic N) is 3. The van der Waals surface area contributed by atoms with Gasteiger partial charge in [-0.1, -0.05) is 6.92 Å². The molecular weight excluding hydrogens is 216 g/mol. The minimum absolute atomic E-state index is 0.127. The van der Waals surface area contributed by atoms with Crippen LogP contribution in [0.1, 0.15) is 13.3 Å². The Morgan fingerprint density at radius 3 is 2.87 bits per heavy atom. The van der Waals surface area contributed by atoms with Crippen molar-refractivity contribution >= 4 is 10.0 Å². The van der Waals surface area contributed by atoms with Crippen LogP contribution in [-0.4, -0.2) is 36.0 Å². The molecule has 1 heterocycles. The zero-order valence-electron chi connectivity index (χ0n) is 8.34. The topological polar surface area (TPSA) is 89.8 Å². The van der Waals surface area contributed by atoms with Crippen molar-refractivity contribution in [2.45, 2.75) is 18.2 Å². The average Bonchev–Trinajstić information content (AvgIpc) is 2.72. The standard InChI is InChI=1S/C8H12N4O2S/c1-2-12(5-3-4-9)15(13,14)8-6-10-11-7-8/h6-7H,2-3,5H2,1H3,(H,10,11). The molecule has 0 aliphatic carbocycles. The van der Waals surface area contributed by atoms with Crippen LogP contribution < -0.4 is 0 Å². The molecule has 0 unspecified atom stereocenters. The van der Waals surface area contributed by atoms with Crippen LogP contribution in [-0.2, 0) is 10.0 Å². The zero-order valence-corrected chi connectivity index (χ0v) is 9.16. The van der Waals surface area contributed by atoms with Gasteiger partial charge in [0.2, 0.25) is 10.0 Å². The Morgan fingerprint density at radius 1 is 1.67 bits per heavy atom. The number of aromatic amines is 1. The molecular formula is C8H12N4O2S. The average molecular weight is 228 g/mol. The minimum Gasteiger partial charge on any atom is -0.284 e. The molecule has 7 heteroatoms. The minimum atomic E-state index is -3.49. The fourth-order valence-corrected chi connectivity index (χ4v) is 2.51. The summed E-state index contributed by atoms with van der Waals surface area (Å²) in [5.74, 6) is 0. The lowest BCUT2D eigenvalue weighted by Gasteiger charge is -2.17. The van der Waals surface area contributed by atoms with Crippen LogP contribution in [0.4, 0.5) is 0 Å². The number of sulfonamides is 1. The van der Waals surface area contributed by atoms with E-state index in [1.165, 1.54) is 16.7 Å². The van der Waals surface area contributed by atoms with Crippen molar-refractivity contribution in [3.05, 3.63) is 12.4 Å². The maximum absolute atomic E-state index is 11.9. The number of rotatable bonds is 5. The first-order valence-electron chi connectivity index (χ1n) is 4.48. The predicted octanol–water partition coefficient (Wildman–Crippen LogP) is 0.334. The third-order valence-electron chi connectivity index (χ3n) is 1.94. The largest absolute Gasteiger partial charge is 0.284 e. The number of nitrogens with one attached hydrogen (secondary N) is 1. The van der Waals surface area contributed by atoms with E-state index in [1.54, 1.807) is 6.92 Å². The van der Waals surface area contributed by atoms with Crippen molar-refractivity contribution in [2.24, 2.45) is 0 Å². The third-order valence-corrected chi connectivity index (χ3v) is 3.88. The molecule has 0 aliphatic heterocycles. The van der Waals surface area contributed by atoms with E-state index in [0.29, 0.717) is 6.54 Å². The van der Waals surface area contributed by atoms with E-state index in [9.17, 15) is 8.42 Å². The maximum Gasteiger partial charge on any atom is 0.246 e. The molecule has 15 heavy (non-hydrogen) atoms. The van der Waals surface area contributed by atoms with E-state index < -0.39 is 10.0 Å². The number of hydrogen-bond acceptors (Lipinski definition) is 4. The first-order chi connectivity index (χ1) is 7.12. The summed E-state index contributed by atoms with van der Waals surface area (Å²) in [4.78, 5) is 0.127. The van der Waals surface area contributed by atoms with Crippen LogP contribution >= 0.6 is 0 Å². The van der Waals surface area contributed by atoms with Gasteiger partial charge in [0.25, 0.3) is 0 Å². The van der Waals surface area contributed by atoms with E-state index in [1.807, 2.05) is 6.07 Å². The molecule has 0 bridgehead atoms. The van der Waals surface area contributed by atoms with E-state index >= 15 is 0 Å². The molecule has 0 saturated heterocycles. The zero-order chi connectivity index (χ0) is 11.3. The second kappa shape index (κ2) is 4.91. The molecule has 0 fully saturated rings. The molecule has 1 aromatic rings. The quantitative estimate of drug-likeness (QED) is 0.786. The number of aromatic nitrogens is 2. The van der Waals surface area contributed by atoms with Crippen LogP contribution in [0.25, 0.3) is 0 Å². The summed E-state index contributed by atoms with van der Waals surface area (Å²) >= 11 is 0. The Kier molecular flexibility index (Phi) is 3.82. The molecule has 0 radical (unpaired) electrons. The van der Waals surface area contributed by atoms with Crippen LogP contribution in [0.5, 0.6) is 0 Å². The number of nitriles is 1. The van der Waals surface area contributed by atoms with Crippen LogP contribution in [0.3, 0.4) is 0 Å². The Labute approximate surface area is 88.6 Å². The fourth-order valence-electron chi connectivity index (χ4n) is 1.15. The molecule has 0 saturated carbocycles. The van der Waals surface area contributed by atoms with Crippen molar-refractivity contribution in [2.75, 3.05) is 13.1 Å². The van der Waals surface area contributed by atoms with Gasteiger partial charge in [0.05, 0.1) is 12.3 Å². The lowest BCUT2D eigenvalue weighted by atomic mass is 10.5. The second-order valence-electron chi connectivity index (χ2n) is 2.84. The predicted molar refractivity (Wildman–Crippen MR) is 53.3 cm³/mol. The fraction of sp³-hybridized carbons (Fsp3) is 0.500.